The van der Waals surface area contributed by atoms with E-state index >= 15 is 0 Å². The highest BCUT2D eigenvalue weighted by molar-refractivity contribution is 7.09. The lowest BCUT2D eigenvalue weighted by atomic mass is 10.2. The number of likely N-dealkylation sites (tertiary alicyclic amines) is 1. The Balaban J connectivity index is 1.55. The van der Waals surface area contributed by atoms with Crippen molar-refractivity contribution in [2.45, 2.75) is 38.7 Å². The molecule has 22 heavy (non-hydrogen) atoms. The molecule has 2 saturated heterocycles. The van der Waals surface area contributed by atoms with Gasteiger partial charge in [0.1, 0.15) is 0 Å². The van der Waals surface area contributed by atoms with Gasteiger partial charge in [-0.3, -0.25) is 4.79 Å². The van der Waals surface area contributed by atoms with E-state index in [0.717, 1.165) is 43.4 Å². The Morgan fingerprint density at radius 2 is 2.18 bits per heavy atom. The van der Waals surface area contributed by atoms with Gasteiger partial charge >= 0.3 is 0 Å². The fourth-order valence-corrected chi connectivity index (χ4v) is 3.85. The predicted molar refractivity (Wildman–Crippen MR) is 87.2 cm³/mol. The molecule has 1 unspecified atom stereocenters. The number of amides is 1. The molecule has 122 valence electrons. The summed E-state index contributed by atoms with van der Waals surface area (Å²) >= 11 is 1.61. The highest BCUT2D eigenvalue weighted by Crippen LogP contribution is 2.14. The van der Waals surface area contributed by atoms with Crippen molar-refractivity contribution in [2.75, 3.05) is 39.3 Å². The third-order valence-electron chi connectivity index (χ3n) is 4.36. The third-order valence-corrected chi connectivity index (χ3v) is 5.18. The standard InChI is InChI=1S/C16H25N3O2S/c1-13-17-14(12-22-13)9-16(20)19-7-4-8-21-15(11-19)10-18-5-2-3-6-18/h12,15H,2-11H2,1H3. The molecule has 3 rings (SSSR count). The summed E-state index contributed by atoms with van der Waals surface area (Å²) < 4.78 is 5.95. The van der Waals surface area contributed by atoms with Crippen LogP contribution in [0.1, 0.15) is 30.0 Å². The van der Waals surface area contributed by atoms with Crippen LogP contribution in [0.3, 0.4) is 0 Å². The second kappa shape index (κ2) is 7.53. The first kappa shape index (κ1) is 15.9. The van der Waals surface area contributed by atoms with Gasteiger partial charge in [0.05, 0.1) is 23.2 Å². The summed E-state index contributed by atoms with van der Waals surface area (Å²) in [6, 6.07) is 0. The highest BCUT2D eigenvalue weighted by atomic mass is 32.1. The molecule has 2 aliphatic rings. The zero-order valence-corrected chi connectivity index (χ0v) is 14.1. The van der Waals surface area contributed by atoms with Crippen molar-refractivity contribution in [3.8, 4) is 0 Å². The maximum Gasteiger partial charge on any atom is 0.228 e. The third kappa shape index (κ3) is 4.27. The van der Waals surface area contributed by atoms with Crippen molar-refractivity contribution < 1.29 is 9.53 Å². The smallest absolute Gasteiger partial charge is 0.228 e. The largest absolute Gasteiger partial charge is 0.375 e. The normalized spacial score (nSPS) is 23.7. The second-order valence-electron chi connectivity index (χ2n) is 6.23. The summed E-state index contributed by atoms with van der Waals surface area (Å²) in [4.78, 5) is 21.4. The molecule has 0 bridgehead atoms. The van der Waals surface area contributed by atoms with Crippen molar-refractivity contribution in [2.24, 2.45) is 0 Å². The molecule has 1 aromatic rings. The van der Waals surface area contributed by atoms with Crippen LogP contribution < -0.4 is 0 Å². The van der Waals surface area contributed by atoms with Crippen LogP contribution in [-0.2, 0) is 16.0 Å². The highest BCUT2D eigenvalue weighted by Gasteiger charge is 2.25. The SMILES string of the molecule is Cc1nc(CC(=O)N2CCCOC(CN3CCCC3)C2)cs1. The molecule has 1 aromatic heterocycles. The molecule has 6 heteroatoms. The zero-order chi connectivity index (χ0) is 15.4. The molecule has 1 atom stereocenters. The van der Waals surface area contributed by atoms with E-state index in [9.17, 15) is 4.79 Å². The Hall–Kier alpha value is -0.980. The van der Waals surface area contributed by atoms with E-state index in [1.807, 2.05) is 17.2 Å². The lowest BCUT2D eigenvalue weighted by Gasteiger charge is -2.27. The van der Waals surface area contributed by atoms with E-state index in [1.54, 1.807) is 11.3 Å². The minimum absolute atomic E-state index is 0.154. The van der Waals surface area contributed by atoms with Gasteiger partial charge < -0.3 is 14.5 Å². The number of hydrogen-bond donors (Lipinski definition) is 0. The van der Waals surface area contributed by atoms with E-state index < -0.39 is 0 Å². The summed E-state index contributed by atoms with van der Waals surface area (Å²) in [5.74, 6) is 0.183. The molecule has 0 N–H and O–H groups in total. The number of nitrogens with zero attached hydrogens (tertiary/aromatic N) is 3. The molecule has 2 fully saturated rings. The monoisotopic (exact) mass is 323 g/mol. The first-order valence-electron chi connectivity index (χ1n) is 8.23. The van der Waals surface area contributed by atoms with Crippen LogP contribution in [0.25, 0.3) is 0 Å². The summed E-state index contributed by atoms with van der Waals surface area (Å²) in [6.07, 6.45) is 4.08. The van der Waals surface area contributed by atoms with Crippen molar-refractivity contribution in [1.82, 2.24) is 14.8 Å². The van der Waals surface area contributed by atoms with Gasteiger partial charge in [0.2, 0.25) is 5.91 Å². The Labute approximate surface area is 136 Å². The number of carbonyl (C=O) groups is 1. The molecular weight excluding hydrogens is 298 g/mol. The van der Waals surface area contributed by atoms with Gasteiger partial charge in [0.15, 0.2) is 0 Å². The van der Waals surface area contributed by atoms with E-state index in [0.29, 0.717) is 6.42 Å². The Kier molecular flexibility index (Phi) is 5.44. The number of carbonyl (C=O) groups excluding carboxylic acids is 1. The molecule has 0 aromatic carbocycles. The van der Waals surface area contributed by atoms with Crippen LogP contribution in [-0.4, -0.2) is 66.1 Å². The van der Waals surface area contributed by atoms with Crippen molar-refractivity contribution >= 4 is 17.2 Å². The lowest BCUT2D eigenvalue weighted by Crippen LogP contribution is -2.42. The number of aryl methyl sites for hydroxylation is 1. The molecule has 1 amide bonds. The summed E-state index contributed by atoms with van der Waals surface area (Å²) in [5, 5.41) is 3.01. The number of thiazole rings is 1. The topological polar surface area (TPSA) is 45.7 Å². The number of aromatic nitrogens is 1. The first-order valence-corrected chi connectivity index (χ1v) is 9.11. The van der Waals surface area contributed by atoms with Crippen LogP contribution in [0, 0.1) is 6.92 Å². The summed E-state index contributed by atoms with van der Waals surface area (Å²) in [5.41, 5.74) is 0.897. The maximum absolute atomic E-state index is 12.5. The molecule has 2 aliphatic heterocycles. The Morgan fingerprint density at radius 1 is 1.36 bits per heavy atom. The lowest BCUT2D eigenvalue weighted by molar-refractivity contribution is -0.131. The minimum atomic E-state index is 0.154. The number of ether oxygens (including phenoxy) is 1. The molecule has 0 aliphatic carbocycles. The Bertz CT molecular complexity index is 499. The van der Waals surface area contributed by atoms with E-state index in [4.69, 9.17) is 4.74 Å². The van der Waals surface area contributed by atoms with Gasteiger partial charge in [-0.25, -0.2) is 4.98 Å². The zero-order valence-electron chi connectivity index (χ0n) is 13.3. The second-order valence-corrected chi connectivity index (χ2v) is 7.29. The van der Waals surface area contributed by atoms with Crippen LogP contribution >= 0.6 is 11.3 Å². The average molecular weight is 323 g/mol. The molecule has 5 nitrogen and oxygen atoms in total. The number of hydrogen-bond acceptors (Lipinski definition) is 5. The van der Waals surface area contributed by atoms with Gasteiger partial charge in [0.25, 0.3) is 0 Å². The van der Waals surface area contributed by atoms with Crippen LogP contribution in [0.4, 0.5) is 0 Å². The minimum Gasteiger partial charge on any atom is -0.375 e. The maximum atomic E-state index is 12.5. The van der Waals surface area contributed by atoms with E-state index in [-0.39, 0.29) is 12.0 Å². The molecule has 3 heterocycles. The van der Waals surface area contributed by atoms with Crippen LogP contribution in [0.5, 0.6) is 0 Å². The van der Waals surface area contributed by atoms with Gasteiger partial charge in [-0.15, -0.1) is 11.3 Å². The summed E-state index contributed by atoms with van der Waals surface area (Å²) in [6.45, 7) is 7.57. The molecular formula is C16H25N3O2S. The van der Waals surface area contributed by atoms with E-state index in [1.165, 1.54) is 25.9 Å². The fourth-order valence-electron chi connectivity index (χ4n) is 3.24. The fraction of sp³-hybridized carbons (Fsp3) is 0.750. The van der Waals surface area contributed by atoms with Gasteiger partial charge in [0, 0.05) is 31.6 Å². The van der Waals surface area contributed by atoms with Gasteiger partial charge in [-0.05, 0) is 39.3 Å². The summed E-state index contributed by atoms with van der Waals surface area (Å²) in [7, 11) is 0. The molecule has 0 saturated carbocycles. The van der Waals surface area contributed by atoms with Crippen LogP contribution in [0.15, 0.2) is 5.38 Å². The van der Waals surface area contributed by atoms with Crippen molar-refractivity contribution in [3.05, 3.63) is 16.1 Å². The predicted octanol–water partition coefficient (Wildman–Crippen LogP) is 1.71. The van der Waals surface area contributed by atoms with Crippen molar-refractivity contribution in [1.29, 1.82) is 0 Å². The van der Waals surface area contributed by atoms with Gasteiger partial charge in [-0.1, -0.05) is 0 Å². The van der Waals surface area contributed by atoms with Gasteiger partial charge in [-0.2, -0.15) is 0 Å². The van der Waals surface area contributed by atoms with Crippen LogP contribution in [0.2, 0.25) is 0 Å². The Morgan fingerprint density at radius 3 is 2.91 bits per heavy atom. The first-order chi connectivity index (χ1) is 10.7. The molecule has 0 spiro atoms. The quantitative estimate of drug-likeness (QED) is 0.846. The van der Waals surface area contributed by atoms with E-state index in [2.05, 4.69) is 9.88 Å². The average Bonchev–Trinajstić information content (AvgIpc) is 3.07. The molecule has 0 radical (unpaired) electrons. The van der Waals surface area contributed by atoms with Crippen molar-refractivity contribution in [3.63, 3.8) is 0 Å². The number of rotatable bonds is 4.